The fourth-order valence-corrected chi connectivity index (χ4v) is 1.39. The summed E-state index contributed by atoms with van der Waals surface area (Å²) in [6.45, 7) is 4.61. The van der Waals surface area contributed by atoms with Crippen molar-refractivity contribution < 1.29 is 9.63 Å². The monoisotopic (exact) mass is 207 g/mol. The second-order valence-corrected chi connectivity index (χ2v) is 4.25. The minimum atomic E-state index is -0.416. The number of carbonyl (C=O) groups is 1. The van der Waals surface area contributed by atoms with E-state index in [4.69, 9.17) is 4.84 Å². The normalized spacial score (nSPS) is 19.6. The van der Waals surface area contributed by atoms with Crippen LogP contribution in [0.5, 0.6) is 0 Å². The highest BCUT2D eigenvalue weighted by molar-refractivity contribution is 5.82. The van der Waals surface area contributed by atoms with Crippen LogP contribution in [0.15, 0.2) is 18.5 Å². The van der Waals surface area contributed by atoms with Crippen molar-refractivity contribution in [1.29, 1.82) is 0 Å². The van der Waals surface area contributed by atoms with Crippen molar-refractivity contribution in [3.63, 3.8) is 0 Å². The van der Waals surface area contributed by atoms with E-state index in [0.29, 0.717) is 13.2 Å². The number of rotatable bonds is 2. The zero-order valence-electron chi connectivity index (χ0n) is 8.80. The van der Waals surface area contributed by atoms with Gasteiger partial charge in [0.25, 0.3) is 5.91 Å². The smallest absolute Gasteiger partial charge is 0.254 e. The molecule has 2 heterocycles. The van der Waals surface area contributed by atoms with E-state index < -0.39 is 5.41 Å². The number of hydroxylamine groups is 2. The molecule has 0 radical (unpaired) electrons. The Hall–Kier alpha value is -1.49. The molecule has 0 aliphatic carbocycles. The minimum absolute atomic E-state index is 0.0133. The van der Waals surface area contributed by atoms with Crippen molar-refractivity contribution in [1.82, 2.24) is 15.3 Å². The Kier molecular flexibility index (Phi) is 2.40. The van der Waals surface area contributed by atoms with E-state index in [9.17, 15) is 4.79 Å². The third-order valence-electron chi connectivity index (χ3n) is 2.36. The van der Waals surface area contributed by atoms with Crippen LogP contribution in [0, 0.1) is 5.41 Å². The van der Waals surface area contributed by atoms with Gasteiger partial charge in [0.05, 0.1) is 24.8 Å². The molecule has 5 heteroatoms. The van der Waals surface area contributed by atoms with Crippen LogP contribution in [0.4, 0.5) is 0 Å². The lowest BCUT2D eigenvalue weighted by atomic mass is 9.95. The van der Waals surface area contributed by atoms with E-state index in [0.717, 1.165) is 5.56 Å². The van der Waals surface area contributed by atoms with Crippen molar-refractivity contribution in [2.45, 2.75) is 20.4 Å². The summed E-state index contributed by atoms with van der Waals surface area (Å²) in [6, 6.07) is 1.81. The van der Waals surface area contributed by atoms with Gasteiger partial charge >= 0.3 is 0 Å². The van der Waals surface area contributed by atoms with Crippen LogP contribution in [-0.4, -0.2) is 27.8 Å². The van der Waals surface area contributed by atoms with E-state index in [1.807, 2.05) is 19.9 Å². The number of hydrogen-bond acceptors (Lipinski definition) is 4. The predicted molar refractivity (Wildman–Crippen MR) is 52.3 cm³/mol. The fourth-order valence-electron chi connectivity index (χ4n) is 1.39. The van der Waals surface area contributed by atoms with Gasteiger partial charge in [0.15, 0.2) is 0 Å². The molecule has 0 bridgehead atoms. The van der Waals surface area contributed by atoms with Crippen molar-refractivity contribution in [2.75, 3.05) is 6.61 Å². The standard InChI is InChI=1S/C10H13N3O2/c1-10(2)7-15-13(9(10)14)6-8-3-4-11-12-5-8/h3-5H,6-7H2,1-2H3. The van der Waals surface area contributed by atoms with E-state index >= 15 is 0 Å². The van der Waals surface area contributed by atoms with Gasteiger partial charge in [0, 0.05) is 6.20 Å². The summed E-state index contributed by atoms with van der Waals surface area (Å²) in [6.07, 6.45) is 3.23. The molecule has 1 amide bonds. The molecule has 0 aromatic carbocycles. The third kappa shape index (κ3) is 1.97. The van der Waals surface area contributed by atoms with Gasteiger partial charge in [0.2, 0.25) is 0 Å². The summed E-state index contributed by atoms with van der Waals surface area (Å²) >= 11 is 0. The molecule has 0 atom stereocenters. The van der Waals surface area contributed by atoms with E-state index in [1.165, 1.54) is 5.06 Å². The van der Waals surface area contributed by atoms with Crippen LogP contribution in [0.25, 0.3) is 0 Å². The van der Waals surface area contributed by atoms with Gasteiger partial charge in [0.1, 0.15) is 0 Å². The number of amides is 1. The highest BCUT2D eigenvalue weighted by Gasteiger charge is 2.40. The van der Waals surface area contributed by atoms with Crippen molar-refractivity contribution in [2.24, 2.45) is 5.41 Å². The first-order valence-corrected chi connectivity index (χ1v) is 4.80. The van der Waals surface area contributed by atoms with Crippen LogP contribution in [-0.2, 0) is 16.2 Å². The number of carbonyl (C=O) groups excluding carboxylic acids is 1. The maximum atomic E-state index is 11.8. The molecule has 15 heavy (non-hydrogen) atoms. The Morgan fingerprint density at radius 2 is 2.33 bits per heavy atom. The quantitative estimate of drug-likeness (QED) is 0.719. The Morgan fingerprint density at radius 1 is 1.53 bits per heavy atom. The summed E-state index contributed by atoms with van der Waals surface area (Å²) < 4.78 is 0. The molecule has 0 N–H and O–H groups in total. The summed E-state index contributed by atoms with van der Waals surface area (Å²) in [7, 11) is 0. The van der Waals surface area contributed by atoms with Gasteiger partial charge in [-0.25, -0.2) is 5.06 Å². The Morgan fingerprint density at radius 3 is 2.87 bits per heavy atom. The van der Waals surface area contributed by atoms with Crippen LogP contribution in [0.3, 0.4) is 0 Å². The van der Waals surface area contributed by atoms with Gasteiger partial charge in [-0.1, -0.05) is 0 Å². The molecular weight excluding hydrogens is 194 g/mol. The van der Waals surface area contributed by atoms with Crippen molar-refractivity contribution in [3.8, 4) is 0 Å². The van der Waals surface area contributed by atoms with Crippen molar-refractivity contribution in [3.05, 3.63) is 24.0 Å². The summed E-state index contributed by atoms with van der Waals surface area (Å²) in [5.41, 5.74) is 0.497. The molecule has 1 aromatic rings. The van der Waals surface area contributed by atoms with E-state index in [2.05, 4.69) is 10.2 Å². The van der Waals surface area contributed by atoms with Crippen LogP contribution >= 0.6 is 0 Å². The van der Waals surface area contributed by atoms with Crippen molar-refractivity contribution >= 4 is 5.91 Å². The Balaban J connectivity index is 2.06. The summed E-state index contributed by atoms with van der Waals surface area (Å²) in [5.74, 6) is 0.0133. The molecule has 0 unspecified atom stereocenters. The second kappa shape index (κ2) is 3.58. The summed E-state index contributed by atoms with van der Waals surface area (Å²) in [5, 5.41) is 8.80. The average Bonchev–Trinajstić information content (AvgIpc) is 2.47. The van der Waals surface area contributed by atoms with Gasteiger partial charge in [-0.3, -0.25) is 9.63 Å². The number of nitrogens with zero attached hydrogens (tertiary/aromatic N) is 3. The van der Waals surface area contributed by atoms with Crippen LogP contribution in [0.2, 0.25) is 0 Å². The first kappa shape index (κ1) is 10.0. The third-order valence-corrected chi connectivity index (χ3v) is 2.36. The summed E-state index contributed by atoms with van der Waals surface area (Å²) in [4.78, 5) is 17.1. The molecule has 1 aliphatic heterocycles. The van der Waals surface area contributed by atoms with Crippen LogP contribution in [0.1, 0.15) is 19.4 Å². The average molecular weight is 207 g/mol. The molecule has 1 fully saturated rings. The molecule has 5 nitrogen and oxygen atoms in total. The first-order valence-electron chi connectivity index (χ1n) is 4.80. The molecule has 1 saturated heterocycles. The SMILES string of the molecule is CC1(C)CON(Cc2ccnnc2)C1=O. The molecule has 80 valence electrons. The Bertz CT molecular complexity index is 364. The van der Waals surface area contributed by atoms with Crippen LogP contribution < -0.4 is 0 Å². The zero-order valence-corrected chi connectivity index (χ0v) is 8.80. The number of hydrogen-bond donors (Lipinski definition) is 0. The minimum Gasteiger partial charge on any atom is -0.272 e. The van der Waals surface area contributed by atoms with Gasteiger partial charge in [-0.05, 0) is 25.5 Å². The second-order valence-electron chi connectivity index (χ2n) is 4.25. The van der Waals surface area contributed by atoms with Gasteiger partial charge in [-0.2, -0.15) is 10.2 Å². The predicted octanol–water partition coefficient (Wildman–Crippen LogP) is 0.777. The lowest BCUT2D eigenvalue weighted by Crippen LogP contribution is -2.30. The topological polar surface area (TPSA) is 55.3 Å². The van der Waals surface area contributed by atoms with Gasteiger partial charge < -0.3 is 0 Å². The maximum Gasteiger partial charge on any atom is 0.254 e. The lowest BCUT2D eigenvalue weighted by molar-refractivity contribution is -0.165. The largest absolute Gasteiger partial charge is 0.272 e. The molecule has 1 aliphatic rings. The molecule has 2 rings (SSSR count). The molecule has 1 aromatic heterocycles. The van der Waals surface area contributed by atoms with E-state index in [-0.39, 0.29) is 5.91 Å². The first-order chi connectivity index (χ1) is 7.09. The van der Waals surface area contributed by atoms with Gasteiger partial charge in [-0.15, -0.1) is 0 Å². The zero-order chi connectivity index (χ0) is 10.9. The number of aromatic nitrogens is 2. The maximum absolute atomic E-state index is 11.8. The molecule has 0 spiro atoms. The van der Waals surface area contributed by atoms with E-state index in [1.54, 1.807) is 12.4 Å². The highest BCUT2D eigenvalue weighted by Crippen LogP contribution is 2.27. The molecular formula is C10H13N3O2. The fraction of sp³-hybridized carbons (Fsp3) is 0.500. The molecule has 0 saturated carbocycles. The highest BCUT2D eigenvalue weighted by atomic mass is 16.7. The lowest BCUT2D eigenvalue weighted by Gasteiger charge is -2.15. The Labute approximate surface area is 88.0 Å².